The Labute approximate surface area is 185 Å². The van der Waals surface area contributed by atoms with E-state index in [1.165, 1.54) is 7.05 Å². The summed E-state index contributed by atoms with van der Waals surface area (Å²) in [5.74, 6) is -0.510. The van der Waals surface area contributed by atoms with E-state index in [0.717, 1.165) is 19.6 Å². The number of aliphatic carboxylic acids is 1. The Balaban J connectivity index is 2.21. The van der Waals surface area contributed by atoms with E-state index in [0.29, 0.717) is 12.4 Å². The minimum absolute atomic E-state index is 0.103. The highest BCUT2D eigenvalue weighted by atomic mass is 127. The van der Waals surface area contributed by atoms with E-state index in [-0.39, 0.29) is 6.42 Å². The number of carbonyl (C=O) groups is 2. The fourth-order valence-electron chi connectivity index (χ4n) is 2.64. The highest BCUT2D eigenvalue weighted by molar-refractivity contribution is 14.1. The first-order valence-electron chi connectivity index (χ1n) is 9.20. The van der Waals surface area contributed by atoms with Crippen molar-refractivity contribution in [2.45, 2.75) is 45.4 Å². The average Bonchev–Trinajstić information content (AvgIpc) is 2.64. The van der Waals surface area contributed by atoms with Gasteiger partial charge in [-0.15, -0.1) is 0 Å². The lowest BCUT2D eigenvalue weighted by Gasteiger charge is -2.29. The van der Waals surface area contributed by atoms with Gasteiger partial charge < -0.3 is 14.6 Å². The molecule has 1 N–H and O–H groups in total. The molecule has 0 aliphatic rings. The largest absolute Gasteiger partial charge is 0.489 e. The van der Waals surface area contributed by atoms with Gasteiger partial charge in [0.05, 0.1) is 0 Å². The smallest absolute Gasteiger partial charge is 0.410 e. The average molecular weight is 511 g/mol. The summed E-state index contributed by atoms with van der Waals surface area (Å²) < 4.78 is 12.2. The maximum Gasteiger partial charge on any atom is 0.410 e. The molecule has 2 rings (SSSR count). The molecule has 1 atom stereocenters. The Hall–Kier alpha value is -2.29. The number of rotatable bonds is 7. The first-order chi connectivity index (χ1) is 13.6. The molecule has 0 fully saturated rings. The molecule has 7 heteroatoms. The van der Waals surface area contributed by atoms with Gasteiger partial charge in [-0.2, -0.15) is 0 Å². The molecule has 0 saturated heterocycles. The van der Waals surface area contributed by atoms with Crippen molar-refractivity contribution in [1.29, 1.82) is 0 Å². The number of carboxylic acids is 1. The summed E-state index contributed by atoms with van der Waals surface area (Å²) in [4.78, 5) is 25.4. The summed E-state index contributed by atoms with van der Waals surface area (Å²) in [6.45, 7) is 5.59. The van der Waals surface area contributed by atoms with Gasteiger partial charge >= 0.3 is 12.1 Å². The maximum atomic E-state index is 12.4. The van der Waals surface area contributed by atoms with Crippen molar-refractivity contribution in [1.82, 2.24) is 4.90 Å². The van der Waals surface area contributed by atoms with Gasteiger partial charge in [-0.25, -0.2) is 9.59 Å². The van der Waals surface area contributed by atoms with E-state index < -0.39 is 23.7 Å². The summed E-state index contributed by atoms with van der Waals surface area (Å²) in [7, 11) is 1.44. The van der Waals surface area contributed by atoms with Crippen LogP contribution in [0.4, 0.5) is 4.79 Å². The van der Waals surface area contributed by atoms with E-state index in [9.17, 15) is 14.7 Å². The first-order valence-corrected chi connectivity index (χ1v) is 10.3. The summed E-state index contributed by atoms with van der Waals surface area (Å²) >= 11 is 2.17. The minimum atomic E-state index is -1.11. The zero-order chi connectivity index (χ0) is 21.6. The van der Waals surface area contributed by atoms with Crippen molar-refractivity contribution >= 4 is 34.7 Å². The molecular weight excluding hydrogens is 485 g/mol. The van der Waals surface area contributed by atoms with Crippen LogP contribution in [0.1, 0.15) is 31.9 Å². The van der Waals surface area contributed by atoms with Gasteiger partial charge in [0.25, 0.3) is 0 Å². The molecule has 2 aromatic carbocycles. The molecule has 0 spiro atoms. The van der Waals surface area contributed by atoms with Gasteiger partial charge in [-0.1, -0.05) is 30.3 Å². The molecule has 6 nitrogen and oxygen atoms in total. The van der Waals surface area contributed by atoms with Gasteiger partial charge in [0, 0.05) is 17.0 Å². The van der Waals surface area contributed by atoms with Crippen molar-refractivity contribution in [3.05, 3.63) is 63.2 Å². The van der Waals surface area contributed by atoms with Gasteiger partial charge in [0.1, 0.15) is 24.0 Å². The van der Waals surface area contributed by atoms with Crippen LogP contribution in [0.2, 0.25) is 0 Å². The van der Waals surface area contributed by atoms with Crippen LogP contribution in [-0.4, -0.2) is 40.8 Å². The van der Waals surface area contributed by atoms with Crippen LogP contribution in [-0.2, 0) is 22.6 Å². The highest BCUT2D eigenvalue weighted by Gasteiger charge is 2.31. The minimum Gasteiger partial charge on any atom is -0.489 e. The van der Waals surface area contributed by atoms with Crippen molar-refractivity contribution in [2.24, 2.45) is 0 Å². The molecule has 0 aliphatic carbocycles. The number of carboxylic acid groups (broad SMARTS) is 1. The number of hydrogen-bond donors (Lipinski definition) is 1. The van der Waals surface area contributed by atoms with Gasteiger partial charge in [-0.3, -0.25) is 4.90 Å². The molecule has 0 aromatic heterocycles. The molecular formula is C22H26INO5. The monoisotopic (exact) mass is 511 g/mol. The Kier molecular flexibility index (Phi) is 7.89. The normalized spacial score (nSPS) is 12.2. The van der Waals surface area contributed by atoms with Crippen molar-refractivity contribution < 1.29 is 24.2 Å². The number of nitrogens with zero attached hydrogens (tertiary/aromatic N) is 1. The number of benzene rings is 2. The Morgan fingerprint density at radius 1 is 1.14 bits per heavy atom. The predicted octanol–water partition coefficient (Wildman–Crippen LogP) is 4.73. The van der Waals surface area contributed by atoms with E-state index >= 15 is 0 Å². The molecule has 0 radical (unpaired) electrons. The predicted molar refractivity (Wildman–Crippen MR) is 119 cm³/mol. The van der Waals surface area contributed by atoms with Crippen molar-refractivity contribution in [3.63, 3.8) is 0 Å². The summed E-state index contributed by atoms with van der Waals surface area (Å²) in [6.07, 6.45) is -0.575. The van der Waals surface area contributed by atoms with E-state index in [1.807, 2.05) is 48.5 Å². The summed E-state index contributed by atoms with van der Waals surface area (Å²) in [5.41, 5.74) is 1.02. The maximum absolute atomic E-state index is 12.4. The van der Waals surface area contributed by atoms with E-state index in [1.54, 1.807) is 20.8 Å². The summed E-state index contributed by atoms with van der Waals surface area (Å²) in [5, 5.41) is 9.73. The van der Waals surface area contributed by atoms with Crippen LogP contribution in [0.5, 0.6) is 5.75 Å². The Morgan fingerprint density at radius 2 is 1.79 bits per heavy atom. The number of ether oxygens (including phenoxy) is 2. The number of likely N-dealkylation sites (N-methyl/N-ethyl adjacent to an activating group) is 1. The van der Waals surface area contributed by atoms with Crippen LogP contribution in [0.25, 0.3) is 0 Å². The Morgan fingerprint density at radius 3 is 2.38 bits per heavy atom. The zero-order valence-electron chi connectivity index (χ0n) is 17.0. The molecule has 0 heterocycles. The molecule has 0 saturated carbocycles. The second-order valence-corrected chi connectivity index (χ2v) is 8.92. The number of hydrogen-bond acceptors (Lipinski definition) is 4. The molecule has 156 valence electrons. The lowest BCUT2D eigenvalue weighted by molar-refractivity contribution is -0.142. The van der Waals surface area contributed by atoms with Gasteiger partial charge in [0.15, 0.2) is 0 Å². The van der Waals surface area contributed by atoms with Crippen molar-refractivity contribution in [3.8, 4) is 5.75 Å². The third-order valence-electron chi connectivity index (χ3n) is 4.11. The quantitative estimate of drug-likeness (QED) is 0.544. The third-order valence-corrected chi connectivity index (χ3v) is 4.78. The third kappa shape index (κ3) is 7.23. The van der Waals surface area contributed by atoms with Crippen LogP contribution < -0.4 is 4.74 Å². The fraction of sp³-hybridized carbons (Fsp3) is 0.364. The van der Waals surface area contributed by atoms with Crippen LogP contribution >= 0.6 is 22.6 Å². The van der Waals surface area contributed by atoms with Gasteiger partial charge in [-0.05, 0) is 72.7 Å². The lowest BCUT2D eigenvalue weighted by Crippen LogP contribution is -2.46. The highest BCUT2D eigenvalue weighted by Crippen LogP contribution is 2.25. The number of carbonyl (C=O) groups excluding carboxylic acids is 1. The van der Waals surface area contributed by atoms with Crippen LogP contribution in [0, 0.1) is 3.57 Å². The molecule has 0 aliphatic heterocycles. The number of halogens is 1. The van der Waals surface area contributed by atoms with Crippen LogP contribution in [0.3, 0.4) is 0 Å². The zero-order valence-corrected chi connectivity index (χ0v) is 19.2. The molecule has 29 heavy (non-hydrogen) atoms. The summed E-state index contributed by atoms with van der Waals surface area (Å²) in [6, 6.07) is 14.2. The second-order valence-electron chi connectivity index (χ2n) is 7.68. The van der Waals surface area contributed by atoms with E-state index in [4.69, 9.17) is 9.47 Å². The molecule has 0 unspecified atom stereocenters. The SMILES string of the molecule is CN(C(=O)OC(C)(C)C)[C@@H](Cc1cc(I)ccc1OCc1ccccc1)C(=O)O. The number of amides is 1. The molecule has 1 amide bonds. The van der Waals surface area contributed by atoms with E-state index in [2.05, 4.69) is 22.6 Å². The fourth-order valence-corrected chi connectivity index (χ4v) is 3.20. The first kappa shape index (κ1) is 23.0. The molecule has 0 bridgehead atoms. The second kappa shape index (κ2) is 9.96. The lowest BCUT2D eigenvalue weighted by atomic mass is 10.0. The van der Waals surface area contributed by atoms with Crippen molar-refractivity contribution in [2.75, 3.05) is 7.05 Å². The van der Waals surface area contributed by atoms with Gasteiger partial charge in [0.2, 0.25) is 0 Å². The standard InChI is InChI=1S/C22H26INO5/c1-22(2,3)29-21(27)24(4)18(20(25)26)13-16-12-17(23)10-11-19(16)28-14-15-8-6-5-7-9-15/h5-12,18H,13-14H2,1-4H3,(H,25,26)/t18-/m0/s1. The molecule has 2 aromatic rings. The topological polar surface area (TPSA) is 76.1 Å². The van der Waals surface area contributed by atoms with Crippen LogP contribution in [0.15, 0.2) is 48.5 Å². The Bertz CT molecular complexity index is 848.